The topological polar surface area (TPSA) is 26.0 Å². The predicted molar refractivity (Wildman–Crippen MR) is 33.0 cm³/mol. The molecule has 0 aliphatic heterocycles. The lowest BCUT2D eigenvalue weighted by molar-refractivity contribution is 0.347. The van der Waals surface area contributed by atoms with Crippen LogP contribution in [0.25, 0.3) is 0 Å². The summed E-state index contributed by atoms with van der Waals surface area (Å²) in [5.74, 6) is 0. The van der Waals surface area contributed by atoms with E-state index >= 15 is 0 Å². The largest absolute Gasteiger partial charge is 0.350 e. The summed E-state index contributed by atoms with van der Waals surface area (Å²) in [6, 6.07) is 1.91. The van der Waals surface area contributed by atoms with E-state index in [1.807, 2.05) is 19.2 Å². The maximum absolute atomic E-state index is 4.83. The molecule has 0 aromatic carbocycles. The molecule has 44 valence electrons. The molecule has 0 aliphatic rings. The lowest BCUT2D eigenvalue weighted by Gasteiger charge is -1.76. The van der Waals surface area contributed by atoms with E-state index in [1.165, 1.54) is 0 Å². The molecule has 0 atom stereocenters. The second kappa shape index (κ2) is 2.22. The van der Waals surface area contributed by atoms with Crippen molar-refractivity contribution in [3.05, 3.63) is 11.8 Å². The van der Waals surface area contributed by atoms with Gasteiger partial charge in [-0.05, 0) is 13.2 Å². The summed E-state index contributed by atoms with van der Waals surface area (Å²) < 4.78 is 4.83. The summed E-state index contributed by atoms with van der Waals surface area (Å²) in [5.41, 5.74) is 0.939. The molecule has 1 rings (SSSR count). The summed E-state index contributed by atoms with van der Waals surface area (Å²) in [6.07, 6.45) is 1.96. The molecular weight excluding hydrogens is 122 g/mol. The fourth-order valence-corrected chi connectivity index (χ4v) is 0.837. The first kappa shape index (κ1) is 5.69. The molecule has 1 aromatic rings. The molecule has 0 saturated carbocycles. The van der Waals surface area contributed by atoms with E-state index in [0.29, 0.717) is 0 Å². The van der Waals surface area contributed by atoms with Gasteiger partial charge in [-0.3, -0.25) is 0 Å². The van der Waals surface area contributed by atoms with Gasteiger partial charge in [0.05, 0.1) is 5.69 Å². The highest BCUT2D eigenvalue weighted by atomic mass is 32.2. The Labute approximate surface area is 52.2 Å². The van der Waals surface area contributed by atoms with Gasteiger partial charge >= 0.3 is 0 Å². The van der Waals surface area contributed by atoms with Gasteiger partial charge in [-0.25, -0.2) is 0 Å². The predicted octanol–water partition coefficient (Wildman–Crippen LogP) is 1.70. The van der Waals surface area contributed by atoms with Crippen LogP contribution in [0.5, 0.6) is 0 Å². The molecule has 3 heteroatoms. The molecule has 0 spiro atoms. The van der Waals surface area contributed by atoms with E-state index in [-0.39, 0.29) is 0 Å². The van der Waals surface area contributed by atoms with Gasteiger partial charge in [0.25, 0.3) is 0 Å². The Morgan fingerprint density at radius 3 is 2.75 bits per heavy atom. The zero-order chi connectivity index (χ0) is 5.98. The van der Waals surface area contributed by atoms with Crippen LogP contribution in [0.1, 0.15) is 5.69 Å². The maximum Gasteiger partial charge on any atom is 0.193 e. The third-order valence-corrected chi connectivity index (χ3v) is 1.40. The van der Waals surface area contributed by atoms with Crippen LogP contribution in [0, 0.1) is 6.92 Å². The van der Waals surface area contributed by atoms with Crippen LogP contribution in [0.15, 0.2) is 15.7 Å². The van der Waals surface area contributed by atoms with Gasteiger partial charge in [-0.1, -0.05) is 16.9 Å². The number of hydrogen-bond donors (Lipinski definition) is 0. The number of hydrogen-bond acceptors (Lipinski definition) is 3. The van der Waals surface area contributed by atoms with Crippen molar-refractivity contribution < 1.29 is 4.52 Å². The van der Waals surface area contributed by atoms with E-state index < -0.39 is 0 Å². The van der Waals surface area contributed by atoms with Crippen molar-refractivity contribution in [1.29, 1.82) is 0 Å². The number of thioether (sulfide) groups is 1. The molecule has 0 N–H and O–H groups in total. The van der Waals surface area contributed by atoms with Crippen molar-refractivity contribution in [1.82, 2.24) is 5.16 Å². The van der Waals surface area contributed by atoms with E-state index in [2.05, 4.69) is 5.16 Å². The van der Waals surface area contributed by atoms with Crippen molar-refractivity contribution in [3.8, 4) is 0 Å². The minimum Gasteiger partial charge on any atom is -0.350 e. The van der Waals surface area contributed by atoms with Crippen LogP contribution >= 0.6 is 11.8 Å². The first-order valence-corrected chi connectivity index (χ1v) is 3.52. The standard InChI is InChI=1S/C5H7NOS/c1-4-3-5(8-2)7-6-4/h3H,1-2H3. The number of aryl methyl sites for hydroxylation is 1. The summed E-state index contributed by atoms with van der Waals surface area (Å²) in [6.45, 7) is 1.91. The van der Waals surface area contributed by atoms with E-state index in [0.717, 1.165) is 10.8 Å². The molecule has 8 heavy (non-hydrogen) atoms. The number of rotatable bonds is 1. The first-order valence-electron chi connectivity index (χ1n) is 2.30. The zero-order valence-corrected chi connectivity index (χ0v) is 5.66. The van der Waals surface area contributed by atoms with Crippen molar-refractivity contribution in [3.63, 3.8) is 0 Å². The van der Waals surface area contributed by atoms with Gasteiger partial charge in [0, 0.05) is 6.07 Å². The van der Waals surface area contributed by atoms with E-state index in [1.54, 1.807) is 11.8 Å². The Balaban J connectivity index is 2.84. The Morgan fingerprint density at radius 2 is 2.50 bits per heavy atom. The number of aromatic nitrogens is 1. The first-order chi connectivity index (χ1) is 3.83. The van der Waals surface area contributed by atoms with Crippen molar-refractivity contribution in [2.75, 3.05) is 6.26 Å². The molecule has 0 bridgehead atoms. The molecule has 0 saturated heterocycles. The van der Waals surface area contributed by atoms with Crippen molar-refractivity contribution in [2.45, 2.75) is 12.0 Å². The smallest absolute Gasteiger partial charge is 0.193 e. The monoisotopic (exact) mass is 129 g/mol. The molecule has 2 nitrogen and oxygen atoms in total. The Kier molecular flexibility index (Phi) is 1.58. The third-order valence-electron chi connectivity index (χ3n) is 0.808. The Morgan fingerprint density at radius 1 is 1.75 bits per heavy atom. The lowest BCUT2D eigenvalue weighted by atomic mass is 10.5. The van der Waals surface area contributed by atoms with E-state index in [4.69, 9.17) is 4.52 Å². The van der Waals surface area contributed by atoms with Gasteiger partial charge in [-0.2, -0.15) is 0 Å². The fraction of sp³-hybridized carbons (Fsp3) is 0.400. The van der Waals surface area contributed by atoms with Crippen LogP contribution in [-0.2, 0) is 0 Å². The Hall–Kier alpha value is -0.440. The van der Waals surface area contributed by atoms with Gasteiger partial charge < -0.3 is 4.52 Å². The molecule has 0 fully saturated rings. The van der Waals surface area contributed by atoms with Crippen LogP contribution < -0.4 is 0 Å². The van der Waals surface area contributed by atoms with Gasteiger partial charge in [-0.15, -0.1) is 0 Å². The van der Waals surface area contributed by atoms with Gasteiger partial charge in [0.15, 0.2) is 5.09 Å². The third kappa shape index (κ3) is 1.04. The highest BCUT2D eigenvalue weighted by Crippen LogP contribution is 2.13. The van der Waals surface area contributed by atoms with Gasteiger partial charge in [0.2, 0.25) is 0 Å². The molecule has 0 amide bonds. The average molecular weight is 129 g/mol. The highest BCUT2D eigenvalue weighted by Gasteiger charge is 1.94. The fourth-order valence-electron chi connectivity index (χ4n) is 0.436. The second-order valence-electron chi connectivity index (χ2n) is 1.49. The molecule has 0 radical (unpaired) electrons. The van der Waals surface area contributed by atoms with Crippen LogP contribution in [-0.4, -0.2) is 11.4 Å². The summed E-state index contributed by atoms with van der Waals surface area (Å²) in [5, 5.41) is 4.57. The van der Waals surface area contributed by atoms with Crippen LogP contribution in [0.4, 0.5) is 0 Å². The van der Waals surface area contributed by atoms with Crippen LogP contribution in [0.3, 0.4) is 0 Å². The molecule has 1 heterocycles. The minimum absolute atomic E-state index is 0.877. The molecule has 0 aliphatic carbocycles. The highest BCUT2D eigenvalue weighted by molar-refractivity contribution is 7.98. The molecule has 0 unspecified atom stereocenters. The Bertz CT molecular complexity index is 173. The normalized spacial score (nSPS) is 9.75. The summed E-state index contributed by atoms with van der Waals surface area (Å²) in [4.78, 5) is 0. The quantitative estimate of drug-likeness (QED) is 0.540. The van der Waals surface area contributed by atoms with Crippen LogP contribution in [0.2, 0.25) is 0 Å². The second-order valence-corrected chi connectivity index (χ2v) is 2.30. The SMILES string of the molecule is CSc1cc(C)no1. The maximum atomic E-state index is 4.83. The molecular formula is C5H7NOS. The summed E-state index contributed by atoms with van der Waals surface area (Å²) in [7, 11) is 0. The van der Waals surface area contributed by atoms with Crippen molar-refractivity contribution >= 4 is 11.8 Å². The average Bonchev–Trinajstić information content (AvgIpc) is 2.14. The zero-order valence-electron chi connectivity index (χ0n) is 4.84. The van der Waals surface area contributed by atoms with Gasteiger partial charge in [0.1, 0.15) is 0 Å². The minimum atomic E-state index is 0.877. The van der Waals surface area contributed by atoms with Crippen molar-refractivity contribution in [2.24, 2.45) is 0 Å². The summed E-state index contributed by atoms with van der Waals surface area (Å²) >= 11 is 1.56. The lowest BCUT2D eigenvalue weighted by Crippen LogP contribution is -1.59. The van der Waals surface area contributed by atoms with E-state index in [9.17, 15) is 0 Å². The number of nitrogens with zero attached hydrogens (tertiary/aromatic N) is 1. The molecule has 1 aromatic heterocycles.